The maximum absolute atomic E-state index is 12.6. The summed E-state index contributed by atoms with van der Waals surface area (Å²) in [4.78, 5) is 26.5. The van der Waals surface area contributed by atoms with Crippen LogP contribution in [0.3, 0.4) is 0 Å². The Hall–Kier alpha value is -2.67. The number of rotatable bonds is 8. The average Bonchev–Trinajstić information content (AvgIpc) is 3.37. The van der Waals surface area contributed by atoms with Crippen molar-refractivity contribution in [1.29, 1.82) is 0 Å². The molecule has 0 aliphatic carbocycles. The Morgan fingerprint density at radius 2 is 1.90 bits per heavy atom. The zero-order chi connectivity index (χ0) is 20.9. The van der Waals surface area contributed by atoms with E-state index in [9.17, 15) is 9.59 Å². The van der Waals surface area contributed by atoms with E-state index >= 15 is 0 Å². The Morgan fingerprint density at radius 3 is 2.70 bits per heavy atom. The highest BCUT2D eigenvalue weighted by molar-refractivity contribution is 8.00. The molecule has 0 aromatic heterocycles. The molecule has 2 aromatic rings. The van der Waals surface area contributed by atoms with E-state index in [4.69, 9.17) is 9.47 Å². The zero-order valence-corrected chi connectivity index (χ0v) is 17.9. The molecular weight excluding hydrogens is 400 g/mol. The number of unbranched alkanes of at least 4 members (excludes halogenated alkanes) is 3. The number of amides is 2. The molecule has 2 aliphatic rings. The SMILES string of the molecule is CCCCCCC(=O)Nc1ccc(C2SCC(=O)N2c2ccc3c(c2)OCO3)cc1. The van der Waals surface area contributed by atoms with Gasteiger partial charge in [0.05, 0.1) is 5.75 Å². The predicted molar refractivity (Wildman–Crippen MR) is 119 cm³/mol. The second-order valence-electron chi connectivity index (χ2n) is 7.45. The lowest BCUT2D eigenvalue weighted by atomic mass is 10.1. The molecule has 2 aliphatic heterocycles. The van der Waals surface area contributed by atoms with Gasteiger partial charge in [0.2, 0.25) is 18.6 Å². The van der Waals surface area contributed by atoms with E-state index < -0.39 is 0 Å². The van der Waals surface area contributed by atoms with Gasteiger partial charge in [-0.05, 0) is 36.2 Å². The summed E-state index contributed by atoms with van der Waals surface area (Å²) in [5.41, 5.74) is 2.59. The molecule has 1 unspecified atom stereocenters. The van der Waals surface area contributed by atoms with Crippen molar-refractivity contribution >= 4 is 35.0 Å². The normalized spacial score (nSPS) is 17.4. The Kier molecular flexibility index (Phi) is 6.47. The highest BCUT2D eigenvalue weighted by Crippen LogP contribution is 2.44. The molecule has 0 radical (unpaired) electrons. The fraction of sp³-hybridized carbons (Fsp3) is 0.391. The number of anilines is 2. The number of benzene rings is 2. The number of nitrogens with one attached hydrogen (secondary N) is 1. The first-order valence-electron chi connectivity index (χ1n) is 10.4. The molecule has 2 heterocycles. The van der Waals surface area contributed by atoms with Gasteiger partial charge in [-0.2, -0.15) is 0 Å². The molecule has 0 spiro atoms. The fourth-order valence-corrected chi connectivity index (χ4v) is 4.83. The molecule has 2 aromatic carbocycles. The number of hydrogen-bond donors (Lipinski definition) is 1. The van der Waals surface area contributed by atoms with Crippen LogP contribution in [0.4, 0.5) is 11.4 Å². The third kappa shape index (κ3) is 4.56. The molecule has 2 amide bonds. The molecule has 158 valence electrons. The third-order valence-corrected chi connectivity index (χ3v) is 6.45. The highest BCUT2D eigenvalue weighted by Gasteiger charge is 2.34. The first kappa shape index (κ1) is 20.6. The van der Waals surface area contributed by atoms with Crippen molar-refractivity contribution in [2.45, 2.75) is 44.4 Å². The van der Waals surface area contributed by atoms with E-state index in [1.54, 1.807) is 16.7 Å². The second-order valence-corrected chi connectivity index (χ2v) is 8.51. The Bertz CT molecular complexity index is 916. The van der Waals surface area contributed by atoms with Crippen molar-refractivity contribution in [3.63, 3.8) is 0 Å². The number of carbonyl (C=O) groups is 2. The molecule has 1 atom stereocenters. The number of fused-ring (bicyclic) bond motifs is 1. The minimum Gasteiger partial charge on any atom is -0.454 e. The standard InChI is InChI=1S/C23H26N2O4S/c1-2-3-4-5-6-21(26)24-17-9-7-16(8-10-17)23-25(22(27)14-30-23)18-11-12-19-20(13-18)29-15-28-19/h7-13,23H,2-6,14-15H2,1H3,(H,24,26). The molecule has 1 fully saturated rings. The van der Waals surface area contributed by atoms with E-state index in [0.29, 0.717) is 23.7 Å². The molecule has 6 nitrogen and oxygen atoms in total. The lowest BCUT2D eigenvalue weighted by Crippen LogP contribution is -2.27. The van der Waals surface area contributed by atoms with Crippen LogP contribution < -0.4 is 19.7 Å². The van der Waals surface area contributed by atoms with Gasteiger partial charge < -0.3 is 14.8 Å². The quantitative estimate of drug-likeness (QED) is 0.595. The van der Waals surface area contributed by atoms with Crippen LogP contribution in [-0.2, 0) is 9.59 Å². The smallest absolute Gasteiger partial charge is 0.238 e. The van der Waals surface area contributed by atoms with Crippen molar-refractivity contribution < 1.29 is 19.1 Å². The van der Waals surface area contributed by atoms with Crippen LogP contribution in [0.2, 0.25) is 0 Å². The third-order valence-electron chi connectivity index (χ3n) is 5.24. The topological polar surface area (TPSA) is 67.9 Å². The summed E-state index contributed by atoms with van der Waals surface area (Å²) < 4.78 is 10.8. The lowest BCUT2D eigenvalue weighted by molar-refractivity contribution is -0.116. The Labute approximate surface area is 180 Å². The van der Waals surface area contributed by atoms with Gasteiger partial charge in [-0.25, -0.2) is 0 Å². The van der Waals surface area contributed by atoms with Crippen molar-refractivity contribution in [2.75, 3.05) is 22.8 Å². The lowest BCUT2D eigenvalue weighted by Gasteiger charge is -2.24. The van der Waals surface area contributed by atoms with Crippen molar-refractivity contribution in [3.8, 4) is 11.5 Å². The summed E-state index contributed by atoms with van der Waals surface area (Å²) in [6.07, 6.45) is 4.88. The van der Waals surface area contributed by atoms with Gasteiger partial charge in [0, 0.05) is 23.9 Å². The maximum atomic E-state index is 12.6. The van der Waals surface area contributed by atoms with E-state index in [0.717, 1.165) is 36.2 Å². The number of thioether (sulfide) groups is 1. The van der Waals surface area contributed by atoms with Crippen LogP contribution in [0.25, 0.3) is 0 Å². The van der Waals surface area contributed by atoms with Crippen LogP contribution in [-0.4, -0.2) is 24.4 Å². The second kappa shape index (κ2) is 9.43. The van der Waals surface area contributed by atoms with E-state index in [-0.39, 0.29) is 24.0 Å². The first-order valence-corrected chi connectivity index (χ1v) is 11.4. The highest BCUT2D eigenvalue weighted by atomic mass is 32.2. The van der Waals surface area contributed by atoms with Crippen LogP contribution in [0, 0.1) is 0 Å². The van der Waals surface area contributed by atoms with Gasteiger partial charge in [-0.15, -0.1) is 11.8 Å². The van der Waals surface area contributed by atoms with Gasteiger partial charge >= 0.3 is 0 Å². The average molecular weight is 427 g/mol. The number of carbonyl (C=O) groups excluding carboxylic acids is 2. The fourth-order valence-electron chi connectivity index (χ4n) is 3.65. The van der Waals surface area contributed by atoms with Crippen molar-refractivity contribution in [2.24, 2.45) is 0 Å². The summed E-state index contributed by atoms with van der Waals surface area (Å²) >= 11 is 1.59. The Balaban J connectivity index is 1.43. The van der Waals surface area contributed by atoms with E-state index in [2.05, 4.69) is 12.2 Å². The molecule has 7 heteroatoms. The molecule has 1 N–H and O–H groups in total. The largest absolute Gasteiger partial charge is 0.454 e. The summed E-state index contributed by atoms with van der Waals surface area (Å²) in [6.45, 7) is 2.36. The summed E-state index contributed by atoms with van der Waals surface area (Å²) in [7, 11) is 0. The molecule has 0 bridgehead atoms. The first-order chi connectivity index (χ1) is 14.7. The molecule has 1 saturated heterocycles. The van der Waals surface area contributed by atoms with Crippen LogP contribution in [0.15, 0.2) is 42.5 Å². The van der Waals surface area contributed by atoms with E-state index in [1.165, 1.54) is 6.42 Å². The minimum absolute atomic E-state index is 0.0475. The summed E-state index contributed by atoms with van der Waals surface area (Å²) in [6, 6.07) is 13.3. The summed E-state index contributed by atoms with van der Waals surface area (Å²) in [5.74, 6) is 1.90. The van der Waals surface area contributed by atoms with Crippen molar-refractivity contribution in [1.82, 2.24) is 0 Å². The molecule has 4 rings (SSSR count). The van der Waals surface area contributed by atoms with Crippen LogP contribution >= 0.6 is 11.8 Å². The zero-order valence-electron chi connectivity index (χ0n) is 17.1. The van der Waals surface area contributed by atoms with Gasteiger partial charge in [-0.3, -0.25) is 14.5 Å². The van der Waals surface area contributed by atoms with Crippen molar-refractivity contribution in [3.05, 3.63) is 48.0 Å². The van der Waals surface area contributed by atoms with Gasteiger partial charge in [0.25, 0.3) is 0 Å². The predicted octanol–water partition coefficient (Wildman–Crippen LogP) is 5.10. The number of nitrogens with zero attached hydrogens (tertiary/aromatic N) is 1. The number of ether oxygens (including phenoxy) is 2. The molecule has 30 heavy (non-hydrogen) atoms. The monoisotopic (exact) mass is 426 g/mol. The number of hydrogen-bond acceptors (Lipinski definition) is 5. The van der Waals surface area contributed by atoms with Crippen LogP contribution in [0.1, 0.15) is 50.0 Å². The molecule has 0 saturated carbocycles. The molecular formula is C23H26N2O4S. The van der Waals surface area contributed by atoms with Gasteiger partial charge in [0.15, 0.2) is 11.5 Å². The minimum atomic E-state index is -0.114. The van der Waals surface area contributed by atoms with Gasteiger partial charge in [-0.1, -0.05) is 38.3 Å². The van der Waals surface area contributed by atoms with Crippen LogP contribution in [0.5, 0.6) is 11.5 Å². The maximum Gasteiger partial charge on any atom is 0.238 e. The Morgan fingerprint density at radius 1 is 1.10 bits per heavy atom. The van der Waals surface area contributed by atoms with E-state index in [1.807, 2.05) is 42.5 Å². The van der Waals surface area contributed by atoms with Gasteiger partial charge in [0.1, 0.15) is 5.37 Å². The summed E-state index contributed by atoms with van der Waals surface area (Å²) in [5, 5.41) is 2.85.